The molecule has 2 fully saturated rings. The van der Waals surface area contributed by atoms with Gasteiger partial charge in [-0.3, -0.25) is 9.69 Å². The van der Waals surface area contributed by atoms with Crippen molar-refractivity contribution in [1.82, 2.24) is 9.80 Å². The van der Waals surface area contributed by atoms with Crippen LogP contribution in [0.1, 0.15) is 44.1 Å². The van der Waals surface area contributed by atoms with E-state index in [1.807, 2.05) is 29.2 Å². The third-order valence-electron chi connectivity index (χ3n) is 6.94. The number of β-amino-alcohol motifs (C(OH)–C–C–N with tert-alkyl or cyclic N) is 1. The molecule has 4 rings (SSSR count). The molecule has 2 aromatic carbocycles. The molecule has 8 heteroatoms. The van der Waals surface area contributed by atoms with E-state index >= 15 is 0 Å². The number of benzene rings is 2. The van der Waals surface area contributed by atoms with Gasteiger partial charge >= 0.3 is 0 Å². The van der Waals surface area contributed by atoms with Gasteiger partial charge in [0.2, 0.25) is 5.91 Å². The predicted octanol–water partition coefficient (Wildman–Crippen LogP) is 3.89. The Hall–Kier alpha value is -2.32. The number of rotatable bonds is 10. The van der Waals surface area contributed by atoms with Crippen molar-refractivity contribution in [2.24, 2.45) is 0 Å². The number of amides is 1. The molecule has 0 spiro atoms. The first kappa shape index (κ1) is 26.7. The van der Waals surface area contributed by atoms with Crippen LogP contribution in [0.5, 0.6) is 11.5 Å². The van der Waals surface area contributed by atoms with Gasteiger partial charge in [-0.05, 0) is 61.6 Å². The number of ether oxygens (including phenoxy) is 2. The fourth-order valence-electron chi connectivity index (χ4n) is 4.90. The number of likely N-dealkylation sites (tertiary alicyclic amines) is 2. The highest BCUT2D eigenvalue weighted by Gasteiger charge is 2.42. The van der Waals surface area contributed by atoms with Gasteiger partial charge in [-0.2, -0.15) is 0 Å². The van der Waals surface area contributed by atoms with Crippen molar-refractivity contribution in [3.63, 3.8) is 0 Å². The Morgan fingerprint density at radius 3 is 2.67 bits per heavy atom. The summed E-state index contributed by atoms with van der Waals surface area (Å²) in [7, 11) is 0. The summed E-state index contributed by atoms with van der Waals surface area (Å²) in [6.45, 7) is 3.74. The highest BCUT2D eigenvalue weighted by Crippen LogP contribution is 2.26. The number of aliphatic hydroxyl groups excluding tert-OH is 1. The second-order valence-electron chi connectivity index (χ2n) is 9.91. The Morgan fingerprint density at radius 2 is 1.83 bits per heavy atom. The Labute approximate surface area is 218 Å². The van der Waals surface area contributed by atoms with E-state index in [9.17, 15) is 15.0 Å². The molecule has 2 N–H and O–H groups in total. The topological polar surface area (TPSA) is 82.5 Å². The highest BCUT2D eigenvalue weighted by molar-refractivity contribution is 6.30. The number of nitrogens with zero attached hydrogens (tertiary/aromatic N) is 2. The van der Waals surface area contributed by atoms with E-state index in [-0.39, 0.29) is 12.5 Å². The van der Waals surface area contributed by atoms with Crippen molar-refractivity contribution in [3.05, 3.63) is 59.1 Å². The third-order valence-corrected chi connectivity index (χ3v) is 7.17. The fourth-order valence-corrected chi connectivity index (χ4v) is 5.08. The smallest absolute Gasteiger partial charge is 0.222 e. The number of hydrogen-bond donors (Lipinski definition) is 2. The maximum atomic E-state index is 12.1. The maximum Gasteiger partial charge on any atom is 0.222 e. The van der Waals surface area contributed by atoms with Gasteiger partial charge in [-0.1, -0.05) is 36.2 Å². The molecular formula is C28H37ClN2O5. The van der Waals surface area contributed by atoms with Gasteiger partial charge in [0.1, 0.15) is 23.7 Å². The second-order valence-corrected chi connectivity index (χ2v) is 10.3. The lowest BCUT2D eigenvalue weighted by atomic mass is 9.90. The van der Waals surface area contributed by atoms with Crippen LogP contribution in [0.2, 0.25) is 5.02 Å². The third kappa shape index (κ3) is 7.59. The van der Waals surface area contributed by atoms with Crippen molar-refractivity contribution >= 4 is 17.5 Å². The first-order valence-corrected chi connectivity index (χ1v) is 13.3. The van der Waals surface area contributed by atoms with Crippen LogP contribution >= 0.6 is 11.6 Å². The molecule has 36 heavy (non-hydrogen) atoms. The van der Waals surface area contributed by atoms with E-state index in [0.717, 1.165) is 50.1 Å². The minimum absolute atomic E-state index is 0.0202. The Kier molecular flexibility index (Phi) is 9.48. The normalized spacial score (nSPS) is 23.4. The molecule has 196 valence electrons. The standard InChI is InChI=1S/C28H37ClN2O5/c29-23-8-5-10-25(18-23)36-21-28(34)20-30(15-12-26(28)32)19-22-7-4-9-24(17-22)35-16-6-14-31-13-3-1-2-11-27(31)33/h4-5,7-10,17-18,26,32,34H,1-3,6,11-16,19-21H2/t26-,28?/m0/s1. The minimum Gasteiger partial charge on any atom is -0.494 e. The number of aliphatic hydroxyl groups is 2. The van der Waals surface area contributed by atoms with Crippen molar-refractivity contribution in [3.8, 4) is 11.5 Å². The van der Waals surface area contributed by atoms with E-state index in [0.29, 0.717) is 49.9 Å². The number of halogens is 1. The molecule has 7 nitrogen and oxygen atoms in total. The van der Waals surface area contributed by atoms with Crippen molar-refractivity contribution < 1.29 is 24.5 Å². The van der Waals surface area contributed by atoms with Crippen LogP contribution < -0.4 is 9.47 Å². The van der Waals surface area contributed by atoms with Gasteiger partial charge in [0, 0.05) is 44.2 Å². The average Bonchev–Trinajstić information content (AvgIpc) is 3.07. The number of carbonyl (C=O) groups is 1. The molecule has 2 atom stereocenters. The van der Waals surface area contributed by atoms with Gasteiger partial charge in [-0.15, -0.1) is 0 Å². The van der Waals surface area contributed by atoms with Crippen LogP contribution in [0.4, 0.5) is 0 Å². The van der Waals surface area contributed by atoms with Crippen molar-refractivity contribution in [2.45, 2.75) is 56.8 Å². The zero-order valence-corrected chi connectivity index (χ0v) is 21.5. The highest BCUT2D eigenvalue weighted by atomic mass is 35.5. The van der Waals surface area contributed by atoms with Gasteiger partial charge in [0.15, 0.2) is 0 Å². The molecule has 2 aliphatic rings. The molecule has 1 unspecified atom stereocenters. The zero-order valence-electron chi connectivity index (χ0n) is 20.8. The summed E-state index contributed by atoms with van der Waals surface area (Å²) in [5.74, 6) is 1.62. The quantitative estimate of drug-likeness (QED) is 0.466. The predicted molar refractivity (Wildman–Crippen MR) is 139 cm³/mol. The Balaban J connectivity index is 1.26. The monoisotopic (exact) mass is 516 g/mol. The van der Waals surface area contributed by atoms with Crippen LogP contribution in [0.15, 0.2) is 48.5 Å². The molecule has 0 aliphatic carbocycles. The average molecular weight is 517 g/mol. The van der Waals surface area contributed by atoms with Crippen LogP contribution in [0.3, 0.4) is 0 Å². The SMILES string of the molecule is O=C1CCCCCN1CCCOc1cccc(CN2CC[C@H](O)C(O)(COc3cccc(Cl)c3)C2)c1. The van der Waals surface area contributed by atoms with Gasteiger partial charge in [0.25, 0.3) is 0 Å². The number of piperidine rings is 1. The summed E-state index contributed by atoms with van der Waals surface area (Å²) in [5.41, 5.74) is -0.302. The lowest BCUT2D eigenvalue weighted by Gasteiger charge is -2.42. The summed E-state index contributed by atoms with van der Waals surface area (Å²) in [6, 6.07) is 15.0. The van der Waals surface area contributed by atoms with Crippen molar-refractivity contribution in [1.29, 1.82) is 0 Å². The first-order valence-electron chi connectivity index (χ1n) is 12.9. The molecule has 2 heterocycles. The fraction of sp³-hybridized carbons (Fsp3) is 0.536. The van der Waals surface area contributed by atoms with E-state index < -0.39 is 11.7 Å². The van der Waals surface area contributed by atoms with Crippen LogP contribution in [-0.4, -0.2) is 77.0 Å². The molecule has 0 aromatic heterocycles. The summed E-state index contributed by atoms with van der Waals surface area (Å²) in [6.07, 6.45) is 4.29. The van der Waals surface area contributed by atoms with E-state index in [1.165, 1.54) is 0 Å². The lowest BCUT2D eigenvalue weighted by molar-refractivity contribution is -0.140. The minimum atomic E-state index is -1.38. The number of carbonyl (C=O) groups excluding carboxylic acids is 1. The van der Waals surface area contributed by atoms with Crippen LogP contribution in [-0.2, 0) is 11.3 Å². The van der Waals surface area contributed by atoms with Crippen LogP contribution in [0.25, 0.3) is 0 Å². The number of hydrogen-bond acceptors (Lipinski definition) is 6. The first-order chi connectivity index (χ1) is 17.4. The van der Waals surface area contributed by atoms with E-state index in [2.05, 4.69) is 4.90 Å². The maximum absolute atomic E-state index is 12.1. The molecule has 2 aliphatic heterocycles. The van der Waals surface area contributed by atoms with E-state index in [1.54, 1.807) is 24.3 Å². The Bertz CT molecular complexity index is 1010. The van der Waals surface area contributed by atoms with Crippen molar-refractivity contribution in [2.75, 3.05) is 39.4 Å². The summed E-state index contributed by atoms with van der Waals surface area (Å²) in [5, 5.41) is 22.2. The lowest BCUT2D eigenvalue weighted by Crippen LogP contribution is -2.59. The summed E-state index contributed by atoms with van der Waals surface area (Å²) >= 11 is 6.02. The van der Waals surface area contributed by atoms with Gasteiger partial charge < -0.3 is 24.6 Å². The van der Waals surface area contributed by atoms with Gasteiger partial charge in [0.05, 0.1) is 12.7 Å². The summed E-state index contributed by atoms with van der Waals surface area (Å²) < 4.78 is 11.7. The molecule has 2 aromatic rings. The van der Waals surface area contributed by atoms with Gasteiger partial charge in [-0.25, -0.2) is 0 Å². The second kappa shape index (κ2) is 12.8. The van der Waals surface area contributed by atoms with E-state index in [4.69, 9.17) is 21.1 Å². The molecule has 0 radical (unpaired) electrons. The summed E-state index contributed by atoms with van der Waals surface area (Å²) in [4.78, 5) is 16.2. The zero-order chi connectivity index (χ0) is 25.4. The molecule has 1 amide bonds. The Morgan fingerprint density at radius 1 is 1.03 bits per heavy atom. The molecular weight excluding hydrogens is 480 g/mol. The molecule has 0 bridgehead atoms. The largest absolute Gasteiger partial charge is 0.494 e. The molecule has 0 saturated carbocycles. The molecule has 2 saturated heterocycles. The van der Waals surface area contributed by atoms with Crippen LogP contribution in [0, 0.1) is 0 Å².